The van der Waals surface area contributed by atoms with Gasteiger partial charge in [-0.15, -0.1) is 0 Å². The Morgan fingerprint density at radius 2 is 0.580 bits per heavy atom. The summed E-state index contributed by atoms with van der Waals surface area (Å²) in [6.45, 7) is 6.50. The highest BCUT2D eigenvalue weighted by Gasteiger charge is 2.19. The van der Waals surface area contributed by atoms with Gasteiger partial charge >= 0.3 is 17.9 Å². The Balaban J connectivity index is 4.44. The van der Waals surface area contributed by atoms with Crippen LogP contribution in [0, 0.1) is 0 Å². The first kappa shape index (κ1) is 65.8. The van der Waals surface area contributed by atoms with Crippen LogP contribution in [0.15, 0.2) is 72.9 Å². The minimum Gasteiger partial charge on any atom is -0.462 e. The Hall–Kier alpha value is -3.15. The van der Waals surface area contributed by atoms with Crippen LogP contribution >= 0.6 is 0 Å². The monoisotopic (exact) mass is 963 g/mol. The van der Waals surface area contributed by atoms with Crippen molar-refractivity contribution in [2.45, 2.75) is 297 Å². The average Bonchev–Trinajstić information content (AvgIpc) is 3.35. The molecule has 0 rings (SSSR count). The lowest BCUT2D eigenvalue weighted by Gasteiger charge is -2.18. The summed E-state index contributed by atoms with van der Waals surface area (Å²) >= 11 is 0. The molecular formula is C63H110O6. The van der Waals surface area contributed by atoms with Crippen LogP contribution in [0.4, 0.5) is 0 Å². The van der Waals surface area contributed by atoms with Gasteiger partial charge in [-0.3, -0.25) is 14.4 Å². The molecule has 0 fully saturated rings. The first-order valence-electron chi connectivity index (χ1n) is 29.4. The molecule has 0 aromatic heterocycles. The number of hydrogen-bond acceptors (Lipinski definition) is 6. The van der Waals surface area contributed by atoms with Gasteiger partial charge in [0, 0.05) is 19.3 Å². The van der Waals surface area contributed by atoms with Gasteiger partial charge in [-0.2, -0.15) is 0 Å². The molecule has 0 saturated carbocycles. The second-order valence-electron chi connectivity index (χ2n) is 19.5. The minimum atomic E-state index is -0.798. The van der Waals surface area contributed by atoms with Gasteiger partial charge in [0.15, 0.2) is 6.10 Å². The second-order valence-corrected chi connectivity index (χ2v) is 19.5. The number of esters is 3. The summed E-state index contributed by atoms with van der Waals surface area (Å²) in [5.74, 6) is -0.943. The highest BCUT2D eigenvalue weighted by Crippen LogP contribution is 2.16. The summed E-state index contributed by atoms with van der Waals surface area (Å²) in [6, 6.07) is 0. The third kappa shape index (κ3) is 55.6. The van der Waals surface area contributed by atoms with Crippen molar-refractivity contribution in [3.8, 4) is 0 Å². The van der Waals surface area contributed by atoms with E-state index >= 15 is 0 Å². The van der Waals surface area contributed by atoms with E-state index in [1.54, 1.807) is 0 Å². The number of rotatable bonds is 53. The van der Waals surface area contributed by atoms with Crippen molar-refractivity contribution < 1.29 is 28.6 Å². The standard InChI is InChI=1S/C63H110O6/c1-4-7-10-13-16-19-22-25-28-30-31-33-36-39-42-45-48-51-54-57-63(66)69-60(58-67-61(64)55-52-49-46-43-40-37-34-27-24-21-18-15-12-9-6-3)59-68-62(65)56-53-50-47-44-41-38-35-32-29-26-23-20-17-14-11-8-5-2/h8,11,17,20,25-26,28-29,35,38,44,47,60H,4-7,9-10,12-16,18-19,21-24,27,30-34,36-37,39-43,45-46,48-59H2,1-3H3/b11-8-,20-17-,28-25-,29-26-,38-35-,47-44-/t60-/m0/s1. The van der Waals surface area contributed by atoms with Crippen LogP contribution in [0.1, 0.15) is 290 Å². The largest absolute Gasteiger partial charge is 0.462 e. The van der Waals surface area contributed by atoms with E-state index in [1.165, 1.54) is 167 Å². The lowest BCUT2D eigenvalue weighted by molar-refractivity contribution is -0.167. The number of allylic oxidation sites excluding steroid dienone is 12. The van der Waals surface area contributed by atoms with E-state index in [2.05, 4.69) is 93.7 Å². The molecule has 0 unspecified atom stereocenters. The van der Waals surface area contributed by atoms with Gasteiger partial charge in [-0.05, 0) is 83.5 Å². The van der Waals surface area contributed by atoms with Crippen LogP contribution in [0.25, 0.3) is 0 Å². The molecule has 0 aromatic rings. The molecular weight excluding hydrogens is 853 g/mol. The number of ether oxygens (including phenoxy) is 3. The Bertz CT molecular complexity index is 1290. The van der Waals surface area contributed by atoms with E-state index in [0.29, 0.717) is 19.3 Å². The maximum Gasteiger partial charge on any atom is 0.306 e. The van der Waals surface area contributed by atoms with Gasteiger partial charge in [0.25, 0.3) is 0 Å². The molecule has 0 radical (unpaired) electrons. The third-order valence-electron chi connectivity index (χ3n) is 12.7. The maximum absolute atomic E-state index is 12.9. The van der Waals surface area contributed by atoms with Crippen molar-refractivity contribution in [2.24, 2.45) is 0 Å². The Labute approximate surface area is 427 Å². The number of carbonyl (C=O) groups excluding carboxylic acids is 3. The van der Waals surface area contributed by atoms with Crippen molar-refractivity contribution in [1.29, 1.82) is 0 Å². The number of unbranched alkanes of at least 4 members (excludes halogenated alkanes) is 30. The molecule has 0 heterocycles. The normalized spacial score (nSPS) is 12.6. The molecule has 6 nitrogen and oxygen atoms in total. The van der Waals surface area contributed by atoms with E-state index in [0.717, 1.165) is 77.0 Å². The molecule has 0 amide bonds. The molecule has 0 spiro atoms. The number of carbonyl (C=O) groups is 3. The number of hydrogen-bond donors (Lipinski definition) is 0. The fourth-order valence-electron chi connectivity index (χ4n) is 8.30. The lowest BCUT2D eigenvalue weighted by atomic mass is 10.0. The summed E-state index contributed by atoms with van der Waals surface area (Å²) in [6.07, 6.45) is 73.3. The van der Waals surface area contributed by atoms with Crippen LogP contribution in [0.3, 0.4) is 0 Å². The SMILES string of the molecule is CC/C=C\C/C=C\C/C=C\C/C=C\C/C=C\CCCC(=O)OC[C@H](COC(=O)CCCCCCCCCCCCCCCCC)OC(=O)CCCCCCCCCCC/C=C\CCCCCCCC. The molecule has 0 aliphatic rings. The lowest BCUT2D eigenvalue weighted by Crippen LogP contribution is -2.30. The predicted molar refractivity (Wildman–Crippen MR) is 298 cm³/mol. The van der Waals surface area contributed by atoms with Crippen molar-refractivity contribution in [3.63, 3.8) is 0 Å². The topological polar surface area (TPSA) is 78.9 Å². The molecule has 0 aliphatic carbocycles. The quantitative estimate of drug-likeness (QED) is 0.0262. The molecule has 6 heteroatoms. The van der Waals surface area contributed by atoms with Gasteiger partial charge in [0.05, 0.1) is 0 Å². The zero-order chi connectivity index (χ0) is 50.0. The fraction of sp³-hybridized carbons (Fsp3) is 0.762. The summed E-state index contributed by atoms with van der Waals surface area (Å²) < 4.78 is 16.8. The molecule has 0 N–H and O–H groups in total. The first-order valence-corrected chi connectivity index (χ1v) is 29.4. The van der Waals surface area contributed by atoms with Gasteiger partial charge in [0.2, 0.25) is 0 Å². The van der Waals surface area contributed by atoms with Crippen LogP contribution < -0.4 is 0 Å². The Morgan fingerprint density at radius 3 is 0.957 bits per heavy atom. The van der Waals surface area contributed by atoms with E-state index in [9.17, 15) is 14.4 Å². The first-order chi connectivity index (χ1) is 34.0. The molecule has 69 heavy (non-hydrogen) atoms. The molecule has 0 bridgehead atoms. The van der Waals surface area contributed by atoms with Crippen molar-refractivity contribution in [3.05, 3.63) is 72.9 Å². The van der Waals surface area contributed by atoms with Crippen LogP contribution in [-0.2, 0) is 28.6 Å². The highest BCUT2D eigenvalue weighted by atomic mass is 16.6. The third-order valence-corrected chi connectivity index (χ3v) is 12.7. The molecule has 1 atom stereocenters. The van der Waals surface area contributed by atoms with E-state index in [-0.39, 0.29) is 37.5 Å². The summed E-state index contributed by atoms with van der Waals surface area (Å²) in [4.78, 5) is 38.2. The second kappa shape index (κ2) is 57.4. The molecule has 398 valence electrons. The van der Waals surface area contributed by atoms with Crippen molar-refractivity contribution in [1.82, 2.24) is 0 Å². The average molecular weight is 964 g/mol. The van der Waals surface area contributed by atoms with E-state index < -0.39 is 6.10 Å². The van der Waals surface area contributed by atoms with E-state index in [1.807, 2.05) is 0 Å². The fourth-order valence-corrected chi connectivity index (χ4v) is 8.30. The van der Waals surface area contributed by atoms with Crippen molar-refractivity contribution >= 4 is 17.9 Å². The summed E-state index contributed by atoms with van der Waals surface area (Å²) in [7, 11) is 0. The van der Waals surface area contributed by atoms with Gasteiger partial charge in [0.1, 0.15) is 13.2 Å². The van der Waals surface area contributed by atoms with Gasteiger partial charge < -0.3 is 14.2 Å². The predicted octanol–water partition coefficient (Wildman–Crippen LogP) is 19.8. The minimum absolute atomic E-state index is 0.0912. The maximum atomic E-state index is 12.9. The molecule has 0 aromatic carbocycles. The summed E-state index contributed by atoms with van der Waals surface area (Å²) in [5, 5.41) is 0. The Morgan fingerprint density at radius 1 is 0.304 bits per heavy atom. The van der Waals surface area contributed by atoms with Crippen LogP contribution in [0.2, 0.25) is 0 Å². The smallest absolute Gasteiger partial charge is 0.306 e. The molecule has 0 saturated heterocycles. The zero-order valence-electron chi connectivity index (χ0n) is 45.6. The summed E-state index contributed by atoms with van der Waals surface area (Å²) in [5.41, 5.74) is 0. The van der Waals surface area contributed by atoms with E-state index in [4.69, 9.17) is 14.2 Å². The van der Waals surface area contributed by atoms with Gasteiger partial charge in [-0.1, -0.05) is 261 Å². The van der Waals surface area contributed by atoms with Crippen LogP contribution in [-0.4, -0.2) is 37.2 Å². The van der Waals surface area contributed by atoms with Crippen molar-refractivity contribution in [2.75, 3.05) is 13.2 Å². The zero-order valence-corrected chi connectivity index (χ0v) is 45.6. The highest BCUT2D eigenvalue weighted by molar-refractivity contribution is 5.71. The van der Waals surface area contributed by atoms with Gasteiger partial charge in [-0.25, -0.2) is 0 Å². The Kier molecular flexibility index (Phi) is 54.8. The van der Waals surface area contributed by atoms with Crippen LogP contribution in [0.5, 0.6) is 0 Å². The molecule has 0 aliphatic heterocycles.